The lowest BCUT2D eigenvalue weighted by molar-refractivity contribution is 0.102. The van der Waals surface area contributed by atoms with E-state index in [0.717, 1.165) is 5.56 Å². The second-order valence-corrected chi connectivity index (χ2v) is 7.21. The summed E-state index contributed by atoms with van der Waals surface area (Å²) < 4.78 is 8.94. The summed E-state index contributed by atoms with van der Waals surface area (Å²) >= 11 is 12.1. The summed E-state index contributed by atoms with van der Waals surface area (Å²) in [4.78, 5) is 12.5. The lowest BCUT2D eigenvalue weighted by Crippen LogP contribution is -2.14. The minimum absolute atomic E-state index is 0.0900. The molecule has 1 amide bonds. The van der Waals surface area contributed by atoms with Gasteiger partial charge in [0.2, 0.25) is 0 Å². The van der Waals surface area contributed by atoms with Gasteiger partial charge in [-0.2, -0.15) is 10.2 Å². The van der Waals surface area contributed by atoms with E-state index in [1.165, 1.54) is 4.68 Å². The van der Waals surface area contributed by atoms with Crippen molar-refractivity contribution in [1.29, 1.82) is 0 Å². The molecule has 152 valence electrons. The van der Waals surface area contributed by atoms with Crippen LogP contribution < -0.4 is 10.1 Å². The summed E-state index contributed by atoms with van der Waals surface area (Å²) in [5.41, 5.74) is 1.98. The Bertz CT molecular complexity index is 1160. The van der Waals surface area contributed by atoms with Gasteiger partial charge in [0.1, 0.15) is 10.8 Å². The zero-order valence-corrected chi connectivity index (χ0v) is 17.2. The Balaban J connectivity index is 1.38. The van der Waals surface area contributed by atoms with Crippen LogP contribution in [0.1, 0.15) is 16.1 Å². The van der Waals surface area contributed by atoms with E-state index in [1.54, 1.807) is 36.7 Å². The van der Waals surface area contributed by atoms with Gasteiger partial charge in [0.25, 0.3) is 5.91 Å². The Morgan fingerprint density at radius 1 is 1.03 bits per heavy atom. The Hall–Kier alpha value is -3.29. The topological polar surface area (TPSA) is 74.0 Å². The fourth-order valence-electron chi connectivity index (χ4n) is 2.81. The van der Waals surface area contributed by atoms with Gasteiger partial charge in [0.15, 0.2) is 12.4 Å². The maximum atomic E-state index is 12.5. The van der Waals surface area contributed by atoms with Gasteiger partial charge in [-0.3, -0.25) is 9.48 Å². The van der Waals surface area contributed by atoms with E-state index in [0.29, 0.717) is 28.0 Å². The number of amides is 1. The number of anilines is 1. The van der Waals surface area contributed by atoms with E-state index in [4.69, 9.17) is 27.9 Å². The molecular weight excluding hydrogens is 425 g/mol. The molecule has 2 aromatic heterocycles. The smallest absolute Gasteiger partial charge is 0.276 e. The second kappa shape index (κ2) is 9.02. The van der Waals surface area contributed by atoms with Crippen LogP contribution in [0.4, 0.5) is 5.69 Å². The van der Waals surface area contributed by atoms with Crippen LogP contribution in [-0.4, -0.2) is 25.5 Å². The van der Waals surface area contributed by atoms with Crippen LogP contribution in [0.25, 0.3) is 0 Å². The first-order chi connectivity index (χ1) is 14.6. The summed E-state index contributed by atoms with van der Waals surface area (Å²) in [6, 6.07) is 16.2. The molecule has 0 saturated heterocycles. The maximum absolute atomic E-state index is 12.5. The molecule has 9 heteroatoms. The minimum Gasteiger partial charge on any atom is -0.470 e. The summed E-state index contributed by atoms with van der Waals surface area (Å²) in [5.74, 6) is 0.130. The summed E-state index contributed by atoms with van der Waals surface area (Å²) in [7, 11) is 0. The van der Waals surface area contributed by atoms with Crippen LogP contribution in [0, 0.1) is 0 Å². The molecule has 0 aliphatic heterocycles. The SMILES string of the molecule is O=C(Nc1cccc(Cn2cccn2)c1)c1ccn(COc2cccc(Cl)c2Cl)n1. The van der Waals surface area contributed by atoms with Crippen molar-refractivity contribution in [2.24, 2.45) is 0 Å². The van der Waals surface area contributed by atoms with Crippen molar-refractivity contribution < 1.29 is 9.53 Å². The molecule has 4 rings (SSSR count). The van der Waals surface area contributed by atoms with E-state index >= 15 is 0 Å². The molecule has 4 aromatic rings. The Kier molecular flexibility index (Phi) is 6.02. The first-order valence-electron chi connectivity index (χ1n) is 9.06. The Labute approximate surface area is 182 Å². The van der Waals surface area contributed by atoms with Crippen molar-refractivity contribution >= 4 is 34.8 Å². The third-order valence-corrected chi connectivity index (χ3v) is 5.03. The molecule has 0 bridgehead atoms. The lowest BCUT2D eigenvalue weighted by atomic mass is 10.2. The number of hydrogen-bond donors (Lipinski definition) is 1. The summed E-state index contributed by atoms with van der Waals surface area (Å²) in [5, 5.41) is 12.0. The molecule has 0 saturated carbocycles. The third-order valence-electron chi connectivity index (χ3n) is 4.23. The zero-order valence-electron chi connectivity index (χ0n) is 15.7. The maximum Gasteiger partial charge on any atom is 0.276 e. The highest BCUT2D eigenvalue weighted by molar-refractivity contribution is 6.42. The van der Waals surface area contributed by atoms with Crippen LogP contribution in [0.2, 0.25) is 10.0 Å². The number of aromatic nitrogens is 4. The van der Waals surface area contributed by atoms with Gasteiger partial charge >= 0.3 is 0 Å². The number of nitrogens with one attached hydrogen (secondary N) is 1. The quantitative estimate of drug-likeness (QED) is 0.450. The molecule has 0 radical (unpaired) electrons. The van der Waals surface area contributed by atoms with E-state index in [-0.39, 0.29) is 18.3 Å². The molecule has 0 unspecified atom stereocenters. The number of carbonyl (C=O) groups is 1. The van der Waals surface area contributed by atoms with Crippen molar-refractivity contribution in [3.05, 3.63) is 94.5 Å². The lowest BCUT2D eigenvalue weighted by Gasteiger charge is -2.09. The predicted octanol–water partition coefficient (Wildman–Crippen LogP) is 4.72. The zero-order chi connectivity index (χ0) is 20.9. The Morgan fingerprint density at radius 2 is 1.90 bits per heavy atom. The number of ether oxygens (including phenoxy) is 1. The van der Waals surface area contributed by atoms with E-state index in [2.05, 4.69) is 15.5 Å². The van der Waals surface area contributed by atoms with Crippen LogP contribution in [0.15, 0.2) is 73.2 Å². The molecule has 0 aliphatic carbocycles. The number of carbonyl (C=O) groups excluding carboxylic acids is 1. The van der Waals surface area contributed by atoms with Crippen molar-refractivity contribution in [2.45, 2.75) is 13.3 Å². The molecule has 2 aromatic carbocycles. The van der Waals surface area contributed by atoms with Crippen LogP contribution >= 0.6 is 23.2 Å². The number of halogens is 2. The fraction of sp³-hybridized carbons (Fsp3) is 0.0952. The molecular formula is C21H17Cl2N5O2. The monoisotopic (exact) mass is 441 g/mol. The van der Waals surface area contributed by atoms with Gasteiger partial charge in [-0.05, 0) is 42.0 Å². The molecule has 0 atom stereocenters. The summed E-state index contributed by atoms with van der Waals surface area (Å²) in [6.45, 7) is 0.710. The molecule has 7 nitrogen and oxygen atoms in total. The first kappa shape index (κ1) is 20.0. The van der Waals surface area contributed by atoms with Crippen LogP contribution in [0.5, 0.6) is 5.75 Å². The largest absolute Gasteiger partial charge is 0.470 e. The van der Waals surface area contributed by atoms with Gasteiger partial charge in [0.05, 0.1) is 11.6 Å². The van der Waals surface area contributed by atoms with Crippen molar-refractivity contribution in [3.8, 4) is 5.75 Å². The highest BCUT2D eigenvalue weighted by Gasteiger charge is 2.11. The molecule has 0 spiro atoms. The van der Waals surface area contributed by atoms with Gasteiger partial charge in [-0.25, -0.2) is 4.68 Å². The van der Waals surface area contributed by atoms with E-state index < -0.39 is 0 Å². The third kappa shape index (κ3) is 4.82. The van der Waals surface area contributed by atoms with Gasteiger partial charge < -0.3 is 10.1 Å². The number of benzene rings is 2. The highest BCUT2D eigenvalue weighted by atomic mass is 35.5. The second-order valence-electron chi connectivity index (χ2n) is 6.42. The minimum atomic E-state index is -0.314. The standard InChI is InChI=1S/C21H17Cl2N5O2/c22-17-6-2-7-19(20(17)23)30-14-28-11-8-18(26-28)21(29)25-16-5-1-4-15(12-16)13-27-10-3-9-24-27/h1-12H,13-14H2,(H,25,29). The molecule has 0 aliphatic rings. The predicted molar refractivity (Wildman–Crippen MR) is 115 cm³/mol. The van der Waals surface area contributed by atoms with Gasteiger partial charge in [0, 0.05) is 24.3 Å². The number of hydrogen-bond acceptors (Lipinski definition) is 4. The number of nitrogens with zero attached hydrogens (tertiary/aromatic N) is 4. The van der Waals surface area contributed by atoms with Crippen molar-refractivity contribution in [3.63, 3.8) is 0 Å². The highest BCUT2D eigenvalue weighted by Crippen LogP contribution is 2.31. The van der Waals surface area contributed by atoms with Crippen LogP contribution in [-0.2, 0) is 13.3 Å². The average Bonchev–Trinajstić information content (AvgIpc) is 3.41. The molecule has 0 fully saturated rings. The summed E-state index contributed by atoms with van der Waals surface area (Å²) in [6.07, 6.45) is 5.27. The first-order valence-corrected chi connectivity index (χ1v) is 9.82. The van der Waals surface area contributed by atoms with Crippen molar-refractivity contribution in [1.82, 2.24) is 19.6 Å². The average molecular weight is 442 g/mol. The molecule has 1 N–H and O–H groups in total. The van der Waals surface area contributed by atoms with E-state index in [1.807, 2.05) is 41.2 Å². The van der Waals surface area contributed by atoms with Crippen LogP contribution in [0.3, 0.4) is 0 Å². The fourth-order valence-corrected chi connectivity index (χ4v) is 3.16. The molecule has 2 heterocycles. The molecule has 30 heavy (non-hydrogen) atoms. The normalized spacial score (nSPS) is 10.7. The van der Waals surface area contributed by atoms with Crippen molar-refractivity contribution in [2.75, 3.05) is 5.32 Å². The van der Waals surface area contributed by atoms with E-state index in [9.17, 15) is 4.79 Å². The Morgan fingerprint density at radius 3 is 2.73 bits per heavy atom. The number of rotatable bonds is 7. The van der Waals surface area contributed by atoms with Gasteiger partial charge in [-0.15, -0.1) is 0 Å². The van der Waals surface area contributed by atoms with Gasteiger partial charge in [-0.1, -0.05) is 41.4 Å².